The van der Waals surface area contributed by atoms with E-state index in [4.69, 9.17) is 0 Å². The summed E-state index contributed by atoms with van der Waals surface area (Å²) in [4.78, 5) is 25.0. The number of hydrogen-bond donors (Lipinski definition) is 1. The lowest BCUT2D eigenvalue weighted by molar-refractivity contribution is -0.116. The molecule has 1 N–H and O–H groups in total. The molecule has 0 bridgehead atoms. The fourth-order valence-electron chi connectivity index (χ4n) is 2.34. The Morgan fingerprint density at radius 3 is 2.71 bits per heavy atom. The van der Waals surface area contributed by atoms with Crippen molar-refractivity contribution in [1.82, 2.24) is 0 Å². The molecule has 0 aromatic heterocycles. The van der Waals surface area contributed by atoms with Crippen LogP contribution in [0, 0.1) is 0 Å². The molecule has 3 nitrogen and oxygen atoms in total. The molecule has 0 aliphatic carbocycles. The van der Waals surface area contributed by atoms with Crippen molar-refractivity contribution in [2.75, 3.05) is 11.1 Å². The summed E-state index contributed by atoms with van der Waals surface area (Å²) < 4.78 is 0. The summed E-state index contributed by atoms with van der Waals surface area (Å²) >= 11 is 1.53. The Morgan fingerprint density at radius 1 is 1.19 bits per heavy atom. The molecule has 2 aromatic carbocycles. The second kappa shape index (κ2) is 5.74. The Kier molecular flexibility index (Phi) is 3.80. The van der Waals surface area contributed by atoms with Crippen LogP contribution in [0.25, 0.3) is 0 Å². The van der Waals surface area contributed by atoms with E-state index in [2.05, 4.69) is 5.32 Å². The number of rotatable bonds is 4. The van der Waals surface area contributed by atoms with Gasteiger partial charge in [0.2, 0.25) is 5.91 Å². The molecule has 106 valence electrons. The van der Waals surface area contributed by atoms with E-state index >= 15 is 0 Å². The summed E-state index contributed by atoms with van der Waals surface area (Å²) in [5.74, 6) is 0.291. The first-order valence-corrected chi connectivity index (χ1v) is 7.79. The smallest absolute Gasteiger partial charge is 0.231 e. The number of thioether (sulfide) groups is 1. The van der Waals surface area contributed by atoms with E-state index in [1.54, 1.807) is 6.07 Å². The molecule has 1 heterocycles. The van der Waals surface area contributed by atoms with Crippen molar-refractivity contribution in [3.63, 3.8) is 0 Å². The first-order valence-electron chi connectivity index (χ1n) is 6.81. The van der Waals surface area contributed by atoms with Crippen LogP contribution < -0.4 is 5.32 Å². The van der Waals surface area contributed by atoms with Gasteiger partial charge in [0.15, 0.2) is 5.78 Å². The molecular weight excluding hydrogens is 282 g/mol. The fraction of sp³-hybridized carbons (Fsp3) is 0.176. The van der Waals surface area contributed by atoms with Crippen molar-refractivity contribution in [2.45, 2.75) is 17.7 Å². The van der Waals surface area contributed by atoms with Gasteiger partial charge in [0, 0.05) is 16.1 Å². The van der Waals surface area contributed by atoms with Gasteiger partial charge in [0.1, 0.15) is 0 Å². The van der Waals surface area contributed by atoms with Crippen molar-refractivity contribution in [1.29, 1.82) is 0 Å². The lowest BCUT2D eigenvalue weighted by Gasteiger charge is -2.05. The Balaban J connectivity index is 1.73. The lowest BCUT2D eigenvalue weighted by Crippen LogP contribution is -2.08. The van der Waals surface area contributed by atoms with Crippen LogP contribution in [0.1, 0.15) is 28.8 Å². The van der Waals surface area contributed by atoms with Gasteiger partial charge in [-0.15, -0.1) is 11.8 Å². The second-order valence-electron chi connectivity index (χ2n) is 5.04. The zero-order valence-electron chi connectivity index (χ0n) is 11.6. The van der Waals surface area contributed by atoms with Gasteiger partial charge in [-0.2, -0.15) is 0 Å². The van der Waals surface area contributed by atoms with E-state index in [0.717, 1.165) is 16.1 Å². The Bertz CT molecular complexity index is 697. The fourth-order valence-corrected chi connectivity index (χ4v) is 3.15. The van der Waals surface area contributed by atoms with Gasteiger partial charge in [-0.25, -0.2) is 0 Å². The van der Waals surface area contributed by atoms with Gasteiger partial charge >= 0.3 is 0 Å². The Morgan fingerprint density at radius 2 is 1.95 bits per heavy atom. The third-order valence-corrected chi connectivity index (χ3v) is 4.62. The summed E-state index contributed by atoms with van der Waals surface area (Å²) in [6, 6.07) is 15.3. The van der Waals surface area contributed by atoms with Gasteiger partial charge in [-0.3, -0.25) is 9.59 Å². The molecular formula is C17H15NO2S. The number of ketones is 1. The number of carbonyl (C=O) groups is 2. The summed E-state index contributed by atoms with van der Waals surface area (Å²) in [5, 5.41) is 2.82. The van der Waals surface area contributed by atoms with E-state index in [-0.39, 0.29) is 17.6 Å². The largest absolute Gasteiger partial charge is 0.325 e. The molecule has 0 saturated carbocycles. The average Bonchev–Trinajstić information content (AvgIpc) is 2.80. The first kappa shape index (κ1) is 13.9. The predicted octanol–water partition coefficient (Wildman–Crippen LogP) is 3.72. The van der Waals surface area contributed by atoms with E-state index < -0.39 is 0 Å². The number of hydrogen-bond acceptors (Lipinski definition) is 3. The van der Waals surface area contributed by atoms with E-state index in [9.17, 15) is 9.59 Å². The van der Waals surface area contributed by atoms with Crippen LogP contribution in [0.15, 0.2) is 53.4 Å². The molecule has 0 unspecified atom stereocenters. The lowest BCUT2D eigenvalue weighted by atomic mass is 9.99. The molecule has 0 spiro atoms. The molecule has 1 atom stereocenters. The summed E-state index contributed by atoms with van der Waals surface area (Å²) in [5.41, 5.74) is 2.40. The summed E-state index contributed by atoms with van der Waals surface area (Å²) in [6.07, 6.45) is 0. The first-order chi connectivity index (χ1) is 10.1. The highest BCUT2D eigenvalue weighted by molar-refractivity contribution is 8.00. The quantitative estimate of drug-likeness (QED) is 0.691. The Hall–Kier alpha value is -2.07. The van der Waals surface area contributed by atoms with Crippen molar-refractivity contribution in [3.8, 4) is 0 Å². The van der Waals surface area contributed by atoms with Crippen molar-refractivity contribution in [2.24, 2.45) is 0 Å². The topological polar surface area (TPSA) is 46.2 Å². The van der Waals surface area contributed by atoms with Crippen LogP contribution in [-0.2, 0) is 4.79 Å². The maximum Gasteiger partial charge on any atom is 0.231 e. The predicted molar refractivity (Wildman–Crippen MR) is 85.0 cm³/mol. The molecule has 2 aromatic rings. The Labute approximate surface area is 127 Å². The van der Waals surface area contributed by atoms with E-state index in [0.29, 0.717) is 11.3 Å². The number of nitrogens with one attached hydrogen (secondary N) is 1. The zero-order chi connectivity index (χ0) is 14.8. The van der Waals surface area contributed by atoms with Crippen LogP contribution in [-0.4, -0.2) is 17.4 Å². The maximum absolute atomic E-state index is 12.3. The number of amides is 1. The molecule has 0 fully saturated rings. The van der Waals surface area contributed by atoms with E-state index in [1.165, 1.54) is 11.8 Å². The SMILES string of the molecule is C[C@H]1C(=O)Nc2ccc(C(=O)CSc3ccccc3)cc21. The maximum atomic E-state index is 12.3. The third kappa shape index (κ3) is 2.85. The standard InChI is InChI=1S/C17H15NO2S/c1-11-14-9-12(7-8-15(14)18-17(11)20)16(19)10-21-13-5-3-2-4-6-13/h2-9,11H,10H2,1H3,(H,18,20)/t11-/m1/s1. The number of anilines is 1. The molecule has 4 heteroatoms. The zero-order valence-corrected chi connectivity index (χ0v) is 12.4. The minimum Gasteiger partial charge on any atom is -0.325 e. The minimum atomic E-state index is -0.186. The summed E-state index contributed by atoms with van der Waals surface area (Å²) in [6.45, 7) is 1.86. The minimum absolute atomic E-state index is 0.00624. The van der Waals surface area contributed by atoms with Gasteiger partial charge < -0.3 is 5.32 Å². The van der Waals surface area contributed by atoms with Crippen molar-refractivity contribution in [3.05, 3.63) is 59.7 Å². The van der Waals surface area contributed by atoms with Crippen molar-refractivity contribution >= 4 is 29.1 Å². The number of carbonyl (C=O) groups excluding carboxylic acids is 2. The normalized spacial score (nSPS) is 16.4. The van der Waals surface area contributed by atoms with Gasteiger partial charge in [-0.1, -0.05) is 18.2 Å². The van der Waals surface area contributed by atoms with Crippen LogP contribution in [0.4, 0.5) is 5.69 Å². The molecule has 21 heavy (non-hydrogen) atoms. The molecule has 1 aliphatic heterocycles. The molecule has 1 aliphatic rings. The number of fused-ring (bicyclic) bond motifs is 1. The highest BCUT2D eigenvalue weighted by Gasteiger charge is 2.27. The molecule has 0 saturated heterocycles. The van der Waals surface area contributed by atoms with Crippen molar-refractivity contribution < 1.29 is 9.59 Å². The highest BCUT2D eigenvalue weighted by atomic mass is 32.2. The molecule has 0 radical (unpaired) electrons. The third-order valence-electron chi connectivity index (χ3n) is 3.60. The van der Waals surface area contributed by atoms with Gasteiger partial charge in [0.25, 0.3) is 0 Å². The van der Waals surface area contributed by atoms with Crippen LogP contribution >= 0.6 is 11.8 Å². The summed E-state index contributed by atoms with van der Waals surface area (Å²) in [7, 11) is 0. The van der Waals surface area contributed by atoms with Crippen LogP contribution in [0.5, 0.6) is 0 Å². The monoisotopic (exact) mass is 297 g/mol. The number of Topliss-reactive ketones (excluding diaryl/α,β-unsaturated/α-hetero) is 1. The highest BCUT2D eigenvalue weighted by Crippen LogP contribution is 2.33. The van der Waals surface area contributed by atoms with Gasteiger partial charge in [-0.05, 0) is 42.8 Å². The van der Waals surface area contributed by atoms with E-state index in [1.807, 2.05) is 49.4 Å². The van der Waals surface area contributed by atoms with Crippen LogP contribution in [0.2, 0.25) is 0 Å². The second-order valence-corrected chi connectivity index (χ2v) is 6.09. The molecule has 3 rings (SSSR count). The van der Waals surface area contributed by atoms with Crippen LogP contribution in [0.3, 0.4) is 0 Å². The average molecular weight is 297 g/mol. The van der Waals surface area contributed by atoms with Gasteiger partial charge in [0.05, 0.1) is 11.7 Å². The number of benzene rings is 2. The molecule has 1 amide bonds.